The van der Waals surface area contributed by atoms with Crippen LogP contribution in [-0.4, -0.2) is 24.6 Å². The van der Waals surface area contributed by atoms with E-state index in [1.165, 1.54) is 0 Å². The molecule has 19 heavy (non-hydrogen) atoms. The molecule has 1 rings (SSSR count). The third-order valence-electron chi connectivity index (χ3n) is 2.92. The summed E-state index contributed by atoms with van der Waals surface area (Å²) in [7, 11) is -4.75. The summed E-state index contributed by atoms with van der Waals surface area (Å²) in [4.78, 5) is 0. The number of hydrogen-bond acceptors (Lipinski definition) is 2. The van der Waals surface area contributed by atoms with Crippen LogP contribution in [0.2, 0.25) is 0 Å². The molecule has 0 aliphatic heterocycles. The van der Waals surface area contributed by atoms with Gasteiger partial charge in [0.2, 0.25) is 0 Å². The van der Waals surface area contributed by atoms with E-state index in [4.69, 9.17) is 4.55 Å². The molecule has 0 saturated heterocycles. The zero-order valence-corrected chi connectivity index (χ0v) is 11.9. The monoisotopic (exact) mass is 292 g/mol. The Morgan fingerprint density at radius 1 is 1.16 bits per heavy atom. The van der Waals surface area contributed by atoms with Crippen molar-refractivity contribution >= 4 is 10.1 Å². The highest BCUT2D eigenvalue weighted by molar-refractivity contribution is 7.86. The van der Waals surface area contributed by atoms with Gasteiger partial charge in [0.05, 0.1) is 0 Å². The third kappa shape index (κ3) is 4.54. The van der Waals surface area contributed by atoms with Crippen LogP contribution in [0.3, 0.4) is 0 Å². The van der Waals surface area contributed by atoms with E-state index < -0.39 is 28.2 Å². The molecule has 3 nitrogen and oxygen atoms in total. The molecule has 1 atom stereocenters. The molecule has 0 heterocycles. The molecule has 1 aromatic carbocycles. The van der Waals surface area contributed by atoms with Gasteiger partial charge >= 0.3 is 0 Å². The van der Waals surface area contributed by atoms with Crippen LogP contribution in [0, 0.1) is 0 Å². The summed E-state index contributed by atoms with van der Waals surface area (Å²) in [6.45, 7) is 6.05. The summed E-state index contributed by atoms with van der Waals surface area (Å²) in [5, 5.41) is -2.08. The standard InChI is InChI=1S/C13H18F2O3S/c1-13(2,3)10-6-4-9(5-7-10)8-11(12(14)15)19(16,17)18/h4-7,11-12H,8H2,1-3H3,(H,16,17,18). The van der Waals surface area contributed by atoms with Gasteiger partial charge in [0.1, 0.15) is 0 Å². The highest BCUT2D eigenvalue weighted by atomic mass is 32.2. The van der Waals surface area contributed by atoms with Gasteiger partial charge in [0.25, 0.3) is 16.5 Å². The molecule has 1 aromatic rings. The Morgan fingerprint density at radius 3 is 1.95 bits per heavy atom. The van der Waals surface area contributed by atoms with Crippen LogP contribution in [0.15, 0.2) is 24.3 Å². The lowest BCUT2D eigenvalue weighted by Gasteiger charge is -2.19. The van der Waals surface area contributed by atoms with Gasteiger partial charge in [0.15, 0.2) is 5.25 Å². The Bertz CT molecular complexity index is 516. The maximum Gasteiger partial charge on any atom is 0.273 e. The van der Waals surface area contributed by atoms with E-state index in [9.17, 15) is 17.2 Å². The van der Waals surface area contributed by atoms with E-state index in [2.05, 4.69) is 0 Å². The van der Waals surface area contributed by atoms with Crippen molar-refractivity contribution in [2.75, 3.05) is 0 Å². The van der Waals surface area contributed by atoms with Crippen molar-refractivity contribution in [1.82, 2.24) is 0 Å². The van der Waals surface area contributed by atoms with E-state index in [1.807, 2.05) is 20.8 Å². The van der Waals surface area contributed by atoms with Crippen molar-refractivity contribution in [3.05, 3.63) is 35.4 Å². The van der Waals surface area contributed by atoms with Crippen molar-refractivity contribution in [3.8, 4) is 0 Å². The topological polar surface area (TPSA) is 54.4 Å². The van der Waals surface area contributed by atoms with Crippen LogP contribution in [0.1, 0.15) is 31.9 Å². The molecule has 0 bridgehead atoms. The molecule has 108 valence electrons. The lowest BCUT2D eigenvalue weighted by atomic mass is 9.86. The maximum atomic E-state index is 12.6. The van der Waals surface area contributed by atoms with Gasteiger partial charge in [-0.2, -0.15) is 8.42 Å². The minimum absolute atomic E-state index is 0.0658. The van der Waals surface area contributed by atoms with E-state index in [1.54, 1.807) is 24.3 Å². The van der Waals surface area contributed by atoms with Crippen molar-refractivity contribution < 1.29 is 21.8 Å². The fourth-order valence-electron chi connectivity index (χ4n) is 1.70. The van der Waals surface area contributed by atoms with Crippen molar-refractivity contribution in [3.63, 3.8) is 0 Å². The Kier molecular flexibility index (Phi) is 4.68. The van der Waals surface area contributed by atoms with Crippen LogP contribution in [0.25, 0.3) is 0 Å². The van der Waals surface area contributed by atoms with Crippen molar-refractivity contribution in [1.29, 1.82) is 0 Å². The first-order valence-electron chi connectivity index (χ1n) is 5.85. The fourth-order valence-corrected chi connectivity index (χ4v) is 2.36. The predicted octanol–water partition coefficient (Wildman–Crippen LogP) is 3.05. The van der Waals surface area contributed by atoms with Gasteiger partial charge < -0.3 is 0 Å². The maximum absolute atomic E-state index is 12.6. The lowest BCUT2D eigenvalue weighted by molar-refractivity contribution is 0.137. The Morgan fingerprint density at radius 2 is 1.63 bits per heavy atom. The average Bonchev–Trinajstić information content (AvgIpc) is 2.23. The first-order valence-corrected chi connectivity index (χ1v) is 7.36. The Labute approximate surface area is 112 Å². The predicted molar refractivity (Wildman–Crippen MR) is 70.2 cm³/mol. The average molecular weight is 292 g/mol. The molecule has 0 aliphatic rings. The normalized spacial score (nSPS) is 14.7. The summed E-state index contributed by atoms with van der Waals surface area (Å²) in [5.41, 5.74) is 1.41. The van der Waals surface area contributed by atoms with Gasteiger partial charge in [-0.05, 0) is 23.0 Å². The smallest absolute Gasteiger partial charge is 0.273 e. The largest absolute Gasteiger partial charge is 0.285 e. The van der Waals surface area contributed by atoms with Crippen LogP contribution < -0.4 is 0 Å². The number of hydrogen-bond donors (Lipinski definition) is 1. The second-order valence-corrected chi connectivity index (χ2v) is 7.17. The number of halogens is 2. The molecule has 1 N–H and O–H groups in total. The zero-order chi connectivity index (χ0) is 14.8. The molecular weight excluding hydrogens is 274 g/mol. The number of alkyl halides is 2. The molecule has 0 saturated carbocycles. The highest BCUT2D eigenvalue weighted by Gasteiger charge is 2.32. The van der Waals surface area contributed by atoms with Gasteiger partial charge in [0, 0.05) is 0 Å². The first kappa shape index (κ1) is 16.0. The van der Waals surface area contributed by atoms with Crippen LogP contribution in [0.5, 0.6) is 0 Å². The van der Waals surface area contributed by atoms with Crippen LogP contribution >= 0.6 is 0 Å². The van der Waals surface area contributed by atoms with Crippen LogP contribution in [-0.2, 0) is 22.0 Å². The number of benzene rings is 1. The molecule has 0 spiro atoms. The van der Waals surface area contributed by atoms with E-state index in [0.29, 0.717) is 5.56 Å². The quantitative estimate of drug-likeness (QED) is 0.868. The van der Waals surface area contributed by atoms with E-state index in [-0.39, 0.29) is 5.41 Å². The first-order chi connectivity index (χ1) is 8.51. The van der Waals surface area contributed by atoms with Gasteiger partial charge in [-0.15, -0.1) is 0 Å². The van der Waals surface area contributed by atoms with Gasteiger partial charge in [-0.1, -0.05) is 45.0 Å². The summed E-state index contributed by atoms with van der Waals surface area (Å²) in [6, 6.07) is 6.78. The van der Waals surface area contributed by atoms with E-state index >= 15 is 0 Å². The summed E-state index contributed by atoms with van der Waals surface area (Å²) in [6.07, 6.45) is -3.52. The van der Waals surface area contributed by atoms with E-state index in [0.717, 1.165) is 5.56 Å². The third-order valence-corrected chi connectivity index (χ3v) is 4.06. The van der Waals surface area contributed by atoms with Gasteiger partial charge in [-0.25, -0.2) is 8.78 Å². The molecule has 0 amide bonds. The fraction of sp³-hybridized carbons (Fsp3) is 0.538. The lowest BCUT2D eigenvalue weighted by Crippen LogP contribution is -2.30. The molecule has 0 radical (unpaired) electrons. The molecule has 0 aliphatic carbocycles. The molecule has 0 fully saturated rings. The minimum atomic E-state index is -4.75. The number of rotatable bonds is 4. The summed E-state index contributed by atoms with van der Waals surface area (Å²) in [5.74, 6) is 0. The Balaban J connectivity index is 2.94. The van der Waals surface area contributed by atoms with Crippen LogP contribution in [0.4, 0.5) is 8.78 Å². The molecule has 1 unspecified atom stereocenters. The minimum Gasteiger partial charge on any atom is -0.285 e. The molecule has 0 aromatic heterocycles. The van der Waals surface area contributed by atoms with Crippen molar-refractivity contribution in [2.24, 2.45) is 0 Å². The summed E-state index contributed by atoms with van der Waals surface area (Å²) < 4.78 is 55.8. The summed E-state index contributed by atoms with van der Waals surface area (Å²) >= 11 is 0. The highest BCUT2D eigenvalue weighted by Crippen LogP contribution is 2.23. The Hall–Kier alpha value is -1.01. The second-order valence-electron chi connectivity index (χ2n) is 5.54. The van der Waals surface area contributed by atoms with Crippen molar-refractivity contribution in [2.45, 2.75) is 44.3 Å². The van der Waals surface area contributed by atoms with Gasteiger partial charge in [-0.3, -0.25) is 4.55 Å². The second kappa shape index (κ2) is 5.54. The molecular formula is C13H18F2O3S. The molecule has 6 heteroatoms. The SMILES string of the molecule is CC(C)(C)c1ccc(CC(C(F)F)S(=O)(=O)O)cc1. The zero-order valence-electron chi connectivity index (χ0n) is 11.1.